The first-order chi connectivity index (χ1) is 13.3. The van der Waals surface area contributed by atoms with E-state index in [1.807, 2.05) is 13.8 Å². The van der Waals surface area contributed by atoms with Crippen molar-refractivity contribution in [3.63, 3.8) is 0 Å². The summed E-state index contributed by atoms with van der Waals surface area (Å²) in [7, 11) is 0. The summed E-state index contributed by atoms with van der Waals surface area (Å²) in [6, 6.07) is 2.21. The number of benzene rings is 1. The van der Waals surface area contributed by atoms with Crippen molar-refractivity contribution in [1.29, 1.82) is 0 Å². The van der Waals surface area contributed by atoms with E-state index in [0.717, 1.165) is 6.07 Å². The van der Waals surface area contributed by atoms with Gasteiger partial charge in [0.1, 0.15) is 5.60 Å². The van der Waals surface area contributed by atoms with Gasteiger partial charge in [-0.25, -0.2) is 4.79 Å². The Labute approximate surface area is 168 Å². The number of carbonyl (C=O) groups excluding carboxylic acids is 2. The Morgan fingerprint density at radius 2 is 1.86 bits per heavy atom. The first-order valence-electron chi connectivity index (χ1n) is 9.81. The molecule has 0 radical (unpaired) electrons. The number of amides is 2. The van der Waals surface area contributed by atoms with Crippen LogP contribution in [0.4, 0.5) is 18.0 Å². The number of nitrogens with zero attached hydrogens (tertiary/aromatic N) is 2. The van der Waals surface area contributed by atoms with Crippen LogP contribution in [0.25, 0.3) is 0 Å². The van der Waals surface area contributed by atoms with Crippen molar-refractivity contribution in [2.24, 2.45) is 5.92 Å². The van der Waals surface area contributed by atoms with E-state index in [1.165, 1.54) is 9.80 Å². The van der Waals surface area contributed by atoms with Gasteiger partial charge in [0.05, 0.1) is 17.2 Å². The SMILES string of the molecule is CC(C)Cc1cc2c(c(C(F)(F)F)c1)C(=O)N1CCN(C(=O)OC(C)(C)C)C[C@@H]21. The molecule has 5 nitrogen and oxygen atoms in total. The summed E-state index contributed by atoms with van der Waals surface area (Å²) >= 11 is 0. The van der Waals surface area contributed by atoms with Gasteiger partial charge < -0.3 is 14.5 Å². The van der Waals surface area contributed by atoms with Crippen LogP contribution < -0.4 is 0 Å². The number of fused-ring (bicyclic) bond motifs is 3. The monoisotopic (exact) mass is 412 g/mol. The van der Waals surface area contributed by atoms with Crippen molar-refractivity contribution >= 4 is 12.0 Å². The van der Waals surface area contributed by atoms with Crippen LogP contribution in [0.3, 0.4) is 0 Å². The molecule has 2 amide bonds. The lowest BCUT2D eigenvalue weighted by molar-refractivity contribution is -0.138. The van der Waals surface area contributed by atoms with E-state index in [2.05, 4.69) is 0 Å². The average molecular weight is 412 g/mol. The normalized spacial score (nSPS) is 19.5. The molecule has 0 bridgehead atoms. The van der Waals surface area contributed by atoms with Crippen LogP contribution in [-0.4, -0.2) is 47.0 Å². The highest BCUT2D eigenvalue weighted by Gasteiger charge is 2.47. The summed E-state index contributed by atoms with van der Waals surface area (Å²) in [5.74, 6) is -0.441. The van der Waals surface area contributed by atoms with Crippen molar-refractivity contribution in [3.05, 3.63) is 34.4 Å². The largest absolute Gasteiger partial charge is 0.444 e. The number of piperazine rings is 1. The maximum Gasteiger partial charge on any atom is 0.417 e. The molecule has 1 aromatic carbocycles. The van der Waals surface area contributed by atoms with E-state index in [9.17, 15) is 22.8 Å². The number of ether oxygens (including phenoxy) is 1. The predicted octanol–water partition coefficient (Wildman–Crippen LogP) is 4.65. The molecule has 2 aliphatic rings. The second-order valence-electron chi connectivity index (χ2n) is 9.14. The van der Waals surface area contributed by atoms with Crippen molar-refractivity contribution in [2.75, 3.05) is 19.6 Å². The first-order valence-corrected chi connectivity index (χ1v) is 9.81. The van der Waals surface area contributed by atoms with Crippen molar-refractivity contribution < 1.29 is 27.5 Å². The third kappa shape index (κ3) is 4.36. The third-order valence-electron chi connectivity index (χ3n) is 5.04. The average Bonchev–Trinajstić information content (AvgIpc) is 2.83. The quantitative estimate of drug-likeness (QED) is 0.710. The molecule has 1 saturated heterocycles. The highest BCUT2D eigenvalue weighted by Crippen LogP contribution is 2.44. The van der Waals surface area contributed by atoms with Crippen LogP contribution in [0, 0.1) is 5.92 Å². The number of alkyl halides is 3. The fraction of sp³-hybridized carbons (Fsp3) is 0.619. The molecule has 2 heterocycles. The van der Waals surface area contributed by atoms with Gasteiger partial charge in [0.25, 0.3) is 5.91 Å². The van der Waals surface area contributed by atoms with Gasteiger partial charge in [-0.2, -0.15) is 13.2 Å². The molecule has 1 fully saturated rings. The molecule has 3 rings (SSSR count). The van der Waals surface area contributed by atoms with Crippen LogP contribution in [0.5, 0.6) is 0 Å². The molecule has 0 spiro atoms. The first kappa shape index (κ1) is 21.5. The summed E-state index contributed by atoms with van der Waals surface area (Å²) in [6.07, 6.45) is -4.66. The van der Waals surface area contributed by atoms with Gasteiger partial charge in [-0.15, -0.1) is 0 Å². The van der Waals surface area contributed by atoms with Crippen LogP contribution >= 0.6 is 0 Å². The molecular weight excluding hydrogens is 385 g/mol. The Bertz CT molecular complexity index is 828. The topological polar surface area (TPSA) is 49.9 Å². The van der Waals surface area contributed by atoms with Crippen LogP contribution in [0.2, 0.25) is 0 Å². The summed E-state index contributed by atoms with van der Waals surface area (Å²) < 4.78 is 46.6. The smallest absolute Gasteiger partial charge is 0.417 e. The van der Waals surface area contributed by atoms with Gasteiger partial charge in [-0.1, -0.05) is 19.9 Å². The van der Waals surface area contributed by atoms with E-state index in [-0.39, 0.29) is 31.1 Å². The Balaban J connectivity index is 2.00. The van der Waals surface area contributed by atoms with Crippen LogP contribution in [0.15, 0.2) is 12.1 Å². The lowest BCUT2D eigenvalue weighted by atomic mass is 9.92. The van der Waals surface area contributed by atoms with E-state index in [1.54, 1.807) is 26.8 Å². The predicted molar refractivity (Wildman–Crippen MR) is 102 cm³/mol. The molecule has 8 heteroatoms. The lowest BCUT2D eigenvalue weighted by Crippen LogP contribution is -2.50. The molecular formula is C21H27F3N2O3. The molecule has 0 N–H and O–H groups in total. The van der Waals surface area contributed by atoms with Gasteiger partial charge >= 0.3 is 12.3 Å². The second-order valence-corrected chi connectivity index (χ2v) is 9.14. The van der Waals surface area contributed by atoms with Gasteiger partial charge in [0.2, 0.25) is 0 Å². The Morgan fingerprint density at radius 1 is 1.21 bits per heavy atom. The Kier molecular flexibility index (Phi) is 5.34. The zero-order chi connectivity index (χ0) is 21.7. The summed E-state index contributed by atoms with van der Waals surface area (Å²) in [6.45, 7) is 9.65. The standard InChI is InChI=1S/C21H27F3N2O3/c1-12(2)8-13-9-14-16-11-25(19(28)29-20(3,4)5)6-7-26(16)18(27)17(14)15(10-13)21(22,23)24/h9-10,12,16H,6-8,11H2,1-5H3/t16-/m0/s1. The zero-order valence-electron chi connectivity index (χ0n) is 17.4. The third-order valence-corrected chi connectivity index (χ3v) is 5.04. The summed E-state index contributed by atoms with van der Waals surface area (Å²) in [4.78, 5) is 28.2. The molecule has 1 aromatic rings. The molecule has 0 aromatic heterocycles. The minimum absolute atomic E-state index is 0.121. The zero-order valence-corrected chi connectivity index (χ0v) is 17.4. The number of hydrogen-bond acceptors (Lipinski definition) is 3. The minimum atomic E-state index is -4.62. The molecule has 0 saturated carbocycles. The minimum Gasteiger partial charge on any atom is -0.444 e. The van der Waals surface area contributed by atoms with E-state index in [0.29, 0.717) is 17.5 Å². The van der Waals surface area contributed by atoms with E-state index < -0.39 is 35.4 Å². The second kappa shape index (κ2) is 7.22. The molecule has 0 aliphatic carbocycles. The molecule has 160 valence electrons. The number of rotatable bonds is 2. The highest BCUT2D eigenvalue weighted by molar-refractivity contribution is 6.01. The number of halogens is 3. The van der Waals surface area contributed by atoms with Gasteiger partial charge in [0, 0.05) is 19.6 Å². The maximum atomic E-state index is 13.7. The summed E-state index contributed by atoms with van der Waals surface area (Å²) in [5.41, 5.74) is -0.926. The fourth-order valence-electron chi connectivity index (χ4n) is 3.97. The van der Waals surface area contributed by atoms with Crippen molar-refractivity contribution in [3.8, 4) is 0 Å². The Hall–Kier alpha value is -2.25. The van der Waals surface area contributed by atoms with Gasteiger partial charge in [0.15, 0.2) is 0 Å². The van der Waals surface area contributed by atoms with Crippen molar-refractivity contribution in [2.45, 2.75) is 58.9 Å². The van der Waals surface area contributed by atoms with Crippen LogP contribution in [0.1, 0.15) is 67.7 Å². The number of hydrogen-bond donors (Lipinski definition) is 0. The van der Waals surface area contributed by atoms with Gasteiger partial charge in [-0.3, -0.25) is 4.79 Å². The molecule has 29 heavy (non-hydrogen) atoms. The summed E-state index contributed by atoms with van der Waals surface area (Å²) in [5, 5.41) is 0. The Morgan fingerprint density at radius 3 is 2.41 bits per heavy atom. The molecule has 1 atom stereocenters. The van der Waals surface area contributed by atoms with Crippen molar-refractivity contribution in [1.82, 2.24) is 9.80 Å². The fourth-order valence-corrected chi connectivity index (χ4v) is 3.97. The lowest BCUT2D eigenvalue weighted by Gasteiger charge is -2.38. The van der Waals surface area contributed by atoms with Crippen LogP contribution in [-0.2, 0) is 17.3 Å². The molecule has 0 unspecified atom stereocenters. The van der Waals surface area contributed by atoms with E-state index >= 15 is 0 Å². The maximum absolute atomic E-state index is 13.7. The highest BCUT2D eigenvalue weighted by atomic mass is 19.4. The molecule has 2 aliphatic heterocycles. The van der Waals surface area contributed by atoms with Gasteiger partial charge in [-0.05, 0) is 50.3 Å². The van der Waals surface area contributed by atoms with E-state index in [4.69, 9.17) is 4.74 Å². The number of carbonyl (C=O) groups is 2.